The van der Waals surface area contributed by atoms with Crippen molar-refractivity contribution < 1.29 is 4.86 Å². The van der Waals surface area contributed by atoms with Crippen molar-refractivity contribution in [1.82, 2.24) is 0 Å². The van der Waals surface area contributed by atoms with Gasteiger partial charge in [0.1, 0.15) is 5.69 Å². The molecule has 2 rings (SSSR count). The van der Waals surface area contributed by atoms with Gasteiger partial charge in [0, 0.05) is 27.3 Å². The Morgan fingerprint density at radius 1 is 0.947 bits per heavy atom. The summed E-state index contributed by atoms with van der Waals surface area (Å²) in [5, 5.41) is 17.2. The smallest absolute Gasteiger partial charge is 0.245 e. The fourth-order valence-corrected chi connectivity index (χ4v) is 1.84. The largest absolute Gasteiger partial charge is 0.594 e. The normalized spacial score (nSPS) is 11.7. The molecule has 0 radical (unpaired) electrons. The van der Waals surface area contributed by atoms with Crippen molar-refractivity contribution in [2.24, 2.45) is 5.11 Å². The lowest BCUT2D eigenvalue weighted by Crippen LogP contribution is -1.91. The molecule has 0 amide bonds. The van der Waals surface area contributed by atoms with Crippen molar-refractivity contribution >= 4 is 34.6 Å². The first kappa shape index (κ1) is 13.8. The lowest BCUT2D eigenvalue weighted by molar-refractivity contribution is -0.435. The van der Waals surface area contributed by atoms with Gasteiger partial charge in [-0.3, -0.25) is 0 Å². The fraction of sp³-hybridized carbons (Fsp3) is 0.143. The van der Waals surface area contributed by atoms with Crippen LogP contribution in [-0.4, -0.2) is 4.86 Å². The van der Waals surface area contributed by atoms with E-state index in [0.29, 0.717) is 26.3 Å². The summed E-state index contributed by atoms with van der Waals surface area (Å²) in [6, 6.07) is 10.2. The molecule has 0 fully saturated rings. The van der Waals surface area contributed by atoms with E-state index in [1.165, 1.54) is 0 Å². The Balaban J connectivity index is 2.36. The highest BCUT2D eigenvalue weighted by atomic mass is 35.5. The van der Waals surface area contributed by atoms with Crippen molar-refractivity contribution in [3.8, 4) is 0 Å². The zero-order valence-corrected chi connectivity index (χ0v) is 12.0. The van der Waals surface area contributed by atoms with E-state index < -0.39 is 0 Å². The second-order valence-electron chi connectivity index (χ2n) is 4.24. The van der Waals surface area contributed by atoms with Gasteiger partial charge in [-0.2, -0.15) is 0 Å². The van der Waals surface area contributed by atoms with E-state index in [4.69, 9.17) is 23.2 Å². The quantitative estimate of drug-likeness (QED) is 0.407. The SMILES string of the molecule is Cc1cc(N=[N+]([O-])c2ccc(Cl)c(C)c2)ccc1Cl. The molecule has 3 nitrogen and oxygen atoms in total. The summed E-state index contributed by atoms with van der Waals surface area (Å²) >= 11 is 11.8. The molecule has 2 aromatic carbocycles. The maximum Gasteiger partial charge on any atom is 0.245 e. The fourth-order valence-electron chi connectivity index (χ4n) is 1.60. The van der Waals surface area contributed by atoms with Crippen LogP contribution in [0.5, 0.6) is 0 Å². The molecule has 0 aliphatic heterocycles. The van der Waals surface area contributed by atoms with Gasteiger partial charge in [-0.1, -0.05) is 28.1 Å². The van der Waals surface area contributed by atoms with Gasteiger partial charge in [-0.15, -0.1) is 0 Å². The van der Waals surface area contributed by atoms with E-state index in [1.54, 1.807) is 36.4 Å². The number of hydrogen-bond donors (Lipinski definition) is 0. The summed E-state index contributed by atoms with van der Waals surface area (Å²) < 4.78 is 0. The Hall–Kier alpha value is -1.58. The van der Waals surface area contributed by atoms with Crippen LogP contribution in [0.15, 0.2) is 41.5 Å². The van der Waals surface area contributed by atoms with E-state index in [1.807, 2.05) is 13.8 Å². The number of aryl methyl sites for hydroxylation is 2. The minimum absolute atomic E-state index is 0.439. The standard InChI is InChI=1S/C14H12Cl2N2O/c1-9-7-11(3-5-13(9)15)17-18(19)12-4-6-14(16)10(2)8-12/h3-8H,1-2H3. The monoisotopic (exact) mass is 294 g/mol. The first-order valence-corrected chi connectivity index (χ1v) is 6.44. The van der Waals surface area contributed by atoms with Gasteiger partial charge in [0.15, 0.2) is 0 Å². The molecule has 98 valence electrons. The maximum absolute atomic E-state index is 11.9. The molecule has 0 saturated heterocycles. The van der Waals surface area contributed by atoms with E-state index in [-0.39, 0.29) is 0 Å². The van der Waals surface area contributed by atoms with Crippen LogP contribution >= 0.6 is 23.2 Å². The molecule has 2 aromatic rings. The van der Waals surface area contributed by atoms with Crippen molar-refractivity contribution in [3.05, 3.63) is 62.8 Å². The molecule has 0 saturated carbocycles. The Morgan fingerprint density at radius 3 is 2.11 bits per heavy atom. The number of benzene rings is 2. The maximum atomic E-state index is 11.9. The lowest BCUT2D eigenvalue weighted by atomic mass is 10.2. The van der Waals surface area contributed by atoms with Crippen LogP contribution in [0.4, 0.5) is 11.4 Å². The summed E-state index contributed by atoms with van der Waals surface area (Å²) in [6.45, 7) is 3.70. The molecule has 0 atom stereocenters. The summed E-state index contributed by atoms with van der Waals surface area (Å²) in [5.74, 6) is 0. The average molecular weight is 295 g/mol. The summed E-state index contributed by atoms with van der Waals surface area (Å²) in [4.78, 5) is 0.575. The average Bonchev–Trinajstić information content (AvgIpc) is 2.37. The molecule has 0 heterocycles. The van der Waals surface area contributed by atoms with Gasteiger partial charge in [0.05, 0.1) is 0 Å². The van der Waals surface area contributed by atoms with Gasteiger partial charge in [0.2, 0.25) is 5.69 Å². The Bertz CT molecular complexity index is 654. The number of nitrogens with zero attached hydrogens (tertiary/aromatic N) is 2. The van der Waals surface area contributed by atoms with Crippen molar-refractivity contribution in [2.45, 2.75) is 13.8 Å². The summed E-state index contributed by atoms with van der Waals surface area (Å²) in [7, 11) is 0. The first-order valence-electron chi connectivity index (χ1n) is 5.68. The Labute approximate surface area is 121 Å². The molecular formula is C14H12Cl2N2O. The third-order valence-electron chi connectivity index (χ3n) is 2.71. The highest BCUT2D eigenvalue weighted by Crippen LogP contribution is 2.25. The predicted octanol–water partition coefficient (Wildman–Crippen LogP) is 5.54. The Kier molecular flexibility index (Phi) is 4.08. The van der Waals surface area contributed by atoms with Gasteiger partial charge >= 0.3 is 0 Å². The molecule has 0 aromatic heterocycles. The highest BCUT2D eigenvalue weighted by Gasteiger charge is 2.07. The van der Waals surface area contributed by atoms with Gasteiger partial charge in [-0.25, -0.2) is 0 Å². The number of rotatable bonds is 2. The number of hydrogen-bond acceptors (Lipinski definition) is 2. The van der Waals surface area contributed by atoms with Crippen LogP contribution in [0.1, 0.15) is 11.1 Å². The molecule has 0 N–H and O–H groups in total. The van der Waals surface area contributed by atoms with E-state index in [9.17, 15) is 5.21 Å². The topological polar surface area (TPSA) is 38.4 Å². The highest BCUT2D eigenvalue weighted by molar-refractivity contribution is 6.31. The van der Waals surface area contributed by atoms with Crippen LogP contribution in [0.25, 0.3) is 0 Å². The first-order chi connectivity index (χ1) is 8.97. The van der Waals surface area contributed by atoms with Crippen LogP contribution in [0.2, 0.25) is 10.0 Å². The third-order valence-corrected chi connectivity index (χ3v) is 3.56. The van der Waals surface area contributed by atoms with Gasteiger partial charge in [0.25, 0.3) is 0 Å². The minimum atomic E-state index is 0.439. The summed E-state index contributed by atoms with van der Waals surface area (Å²) in [6.07, 6.45) is 0. The van der Waals surface area contributed by atoms with Gasteiger partial charge in [-0.05, 0) is 49.2 Å². The summed E-state index contributed by atoms with van der Waals surface area (Å²) in [5.41, 5.74) is 2.71. The predicted molar refractivity (Wildman–Crippen MR) is 77.8 cm³/mol. The second kappa shape index (κ2) is 5.59. The zero-order valence-electron chi connectivity index (χ0n) is 10.5. The molecule has 5 heteroatoms. The molecule has 0 aliphatic carbocycles. The van der Waals surface area contributed by atoms with E-state index in [2.05, 4.69) is 5.11 Å². The van der Waals surface area contributed by atoms with E-state index in [0.717, 1.165) is 11.1 Å². The van der Waals surface area contributed by atoms with Crippen molar-refractivity contribution in [1.29, 1.82) is 0 Å². The second-order valence-corrected chi connectivity index (χ2v) is 5.05. The van der Waals surface area contributed by atoms with Crippen LogP contribution < -0.4 is 0 Å². The van der Waals surface area contributed by atoms with E-state index >= 15 is 0 Å². The number of halogens is 2. The zero-order chi connectivity index (χ0) is 14.0. The van der Waals surface area contributed by atoms with Crippen molar-refractivity contribution in [3.63, 3.8) is 0 Å². The third kappa shape index (κ3) is 3.25. The molecule has 0 spiro atoms. The van der Waals surface area contributed by atoms with Crippen LogP contribution in [-0.2, 0) is 0 Å². The van der Waals surface area contributed by atoms with Crippen molar-refractivity contribution in [2.75, 3.05) is 0 Å². The van der Waals surface area contributed by atoms with Crippen LogP contribution in [0, 0.1) is 19.1 Å². The minimum Gasteiger partial charge on any atom is -0.594 e. The molecule has 0 bridgehead atoms. The molecule has 0 aliphatic rings. The lowest BCUT2D eigenvalue weighted by Gasteiger charge is -2.03. The van der Waals surface area contributed by atoms with Gasteiger partial charge < -0.3 is 5.21 Å². The molecular weight excluding hydrogens is 283 g/mol. The van der Waals surface area contributed by atoms with Crippen LogP contribution in [0.3, 0.4) is 0 Å². The molecule has 0 unspecified atom stereocenters. The number of azo groups is 1. The molecule has 19 heavy (non-hydrogen) atoms. The Morgan fingerprint density at radius 2 is 1.53 bits per heavy atom.